The van der Waals surface area contributed by atoms with Crippen molar-refractivity contribution in [1.82, 2.24) is 0 Å². The predicted octanol–water partition coefficient (Wildman–Crippen LogP) is 7.24. The Morgan fingerprint density at radius 2 is 1.74 bits per heavy atom. The highest BCUT2D eigenvalue weighted by Crippen LogP contribution is 2.36. The van der Waals surface area contributed by atoms with E-state index in [1.807, 2.05) is 12.1 Å². The summed E-state index contributed by atoms with van der Waals surface area (Å²) in [5.41, 5.74) is 3.76. The lowest BCUT2D eigenvalue weighted by Gasteiger charge is -2.26. The van der Waals surface area contributed by atoms with Gasteiger partial charge in [-0.3, -0.25) is 0 Å². The van der Waals surface area contributed by atoms with E-state index in [1.165, 1.54) is 32.7 Å². The Morgan fingerprint density at radius 1 is 0.889 bits per heavy atom. The zero-order valence-corrected chi connectivity index (χ0v) is 16.6. The van der Waals surface area contributed by atoms with Gasteiger partial charge in [0.05, 0.1) is 0 Å². The summed E-state index contributed by atoms with van der Waals surface area (Å²) in [6.07, 6.45) is 4.05. The predicted molar refractivity (Wildman–Crippen MR) is 115 cm³/mol. The molecule has 0 saturated carbocycles. The summed E-state index contributed by atoms with van der Waals surface area (Å²) < 4.78 is 15.1. The number of fused-ring (bicyclic) bond motifs is 5. The first-order valence-corrected chi connectivity index (χ1v) is 10.3. The fourth-order valence-corrected chi connectivity index (χ4v) is 4.93. The summed E-state index contributed by atoms with van der Waals surface area (Å²) >= 11 is 3.35. The van der Waals surface area contributed by atoms with Crippen LogP contribution in [-0.4, -0.2) is 0 Å². The second kappa shape index (κ2) is 6.76. The van der Waals surface area contributed by atoms with Crippen molar-refractivity contribution in [2.24, 2.45) is 5.92 Å². The third kappa shape index (κ3) is 3.06. The highest BCUT2D eigenvalue weighted by atomic mass is 79.9. The van der Waals surface area contributed by atoms with Crippen LogP contribution in [0.3, 0.4) is 0 Å². The van der Waals surface area contributed by atoms with E-state index in [0.717, 1.165) is 35.7 Å². The molecule has 4 aromatic carbocycles. The topological polar surface area (TPSA) is 0 Å². The molecular weight excluding hydrogens is 399 g/mol. The SMILES string of the molecule is Fc1cc(Br)ccc1CC1CCc2ccc3c(ccc4ccccc43)c2C1. The zero-order chi connectivity index (χ0) is 18.4. The molecule has 0 radical (unpaired) electrons. The quantitative estimate of drug-likeness (QED) is 0.301. The molecule has 27 heavy (non-hydrogen) atoms. The van der Waals surface area contributed by atoms with Crippen molar-refractivity contribution in [3.63, 3.8) is 0 Å². The van der Waals surface area contributed by atoms with E-state index < -0.39 is 0 Å². The molecule has 0 heterocycles. The van der Waals surface area contributed by atoms with Gasteiger partial charge in [-0.15, -0.1) is 0 Å². The van der Waals surface area contributed by atoms with E-state index >= 15 is 0 Å². The minimum Gasteiger partial charge on any atom is -0.207 e. The third-order valence-corrected chi connectivity index (χ3v) is 6.47. The highest BCUT2D eigenvalue weighted by molar-refractivity contribution is 9.10. The first-order chi connectivity index (χ1) is 13.2. The van der Waals surface area contributed by atoms with Crippen molar-refractivity contribution in [3.05, 3.63) is 93.7 Å². The van der Waals surface area contributed by atoms with Gasteiger partial charge in [0.25, 0.3) is 0 Å². The molecule has 1 aliphatic carbocycles. The largest absolute Gasteiger partial charge is 0.207 e. The number of rotatable bonds is 2. The maximum absolute atomic E-state index is 14.3. The summed E-state index contributed by atoms with van der Waals surface area (Å²) in [5.74, 6) is 0.393. The number of benzene rings is 4. The van der Waals surface area contributed by atoms with E-state index in [4.69, 9.17) is 0 Å². The average Bonchev–Trinajstić information content (AvgIpc) is 2.69. The number of halogens is 2. The van der Waals surface area contributed by atoms with Gasteiger partial charge in [-0.1, -0.05) is 70.5 Å². The molecule has 0 saturated heterocycles. The maximum Gasteiger partial charge on any atom is 0.127 e. The van der Waals surface area contributed by atoms with Crippen molar-refractivity contribution >= 4 is 37.5 Å². The van der Waals surface area contributed by atoms with Crippen LogP contribution in [0.4, 0.5) is 4.39 Å². The third-order valence-electron chi connectivity index (χ3n) is 5.97. The number of hydrogen-bond acceptors (Lipinski definition) is 0. The smallest absolute Gasteiger partial charge is 0.127 e. The molecule has 4 aromatic rings. The van der Waals surface area contributed by atoms with Crippen molar-refractivity contribution in [2.75, 3.05) is 0 Å². The summed E-state index contributed by atoms with van der Waals surface area (Å²) in [6.45, 7) is 0. The van der Waals surface area contributed by atoms with Gasteiger partial charge in [0.2, 0.25) is 0 Å². The van der Waals surface area contributed by atoms with Crippen LogP contribution in [0.25, 0.3) is 21.5 Å². The van der Waals surface area contributed by atoms with Gasteiger partial charge in [-0.2, -0.15) is 0 Å². The second-order valence-corrected chi connectivity index (χ2v) is 8.55. The van der Waals surface area contributed by atoms with Crippen LogP contribution in [0.1, 0.15) is 23.1 Å². The Labute approximate surface area is 167 Å². The highest BCUT2D eigenvalue weighted by Gasteiger charge is 2.22. The molecule has 1 aliphatic rings. The molecule has 5 rings (SSSR count). The van der Waals surface area contributed by atoms with Gasteiger partial charge in [-0.05, 0) is 82.0 Å². The average molecular weight is 419 g/mol. The Kier molecular flexibility index (Phi) is 4.24. The Morgan fingerprint density at radius 3 is 2.63 bits per heavy atom. The zero-order valence-electron chi connectivity index (χ0n) is 15.0. The van der Waals surface area contributed by atoms with Crippen LogP contribution < -0.4 is 0 Å². The van der Waals surface area contributed by atoms with Gasteiger partial charge in [-0.25, -0.2) is 4.39 Å². The Hall–Kier alpha value is -2.19. The molecule has 0 amide bonds. The first kappa shape index (κ1) is 16.9. The second-order valence-electron chi connectivity index (χ2n) is 7.63. The van der Waals surface area contributed by atoms with Gasteiger partial charge in [0, 0.05) is 4.47 Å². The lowest BCUT2D eigenvalue weighted by Crippen LogP contribution is -2.17. The molecule has 0 fully saturated rings. The molecule has 1 atom stereocenters. The molecule has 0 N–H and O–H groups in total. The number of hydrogen-bond donors (Lipinski definition) is 0. The van der Waals surface area contributed by atoms with Crippen molar-refractivity contribution in [1.29, 1.82) is 0 Å². The van der Waals surface area contributed by atoms with Crippen LogP contribution >= 0.6 is 15.9 Å². The maximum atomic E-state index is 14.3. The molecule has 0 aromatic heterocycles. The van der Waals surface area contributed by atoms with E-state index in [2.05, 4.69) is 64.5 Å². The molecule has 134 valence electrons. The van der Waals surface area contributed by atoms with E-state index in [1.54, 1.807) is 6.07 Å². The van der Waals surface area contributed by atoms with Gasteiger partial charge in [0.15, 0.2) is 0 Å². The Bertz CT molecular complexity index is 1160. The van der Waals surface area contributed by atoms with Gasteiger partial charge in [0.1, 0.15) is 5.82 Å². The van der Waals surface area contributed by atoms with Crippen molar-refractivity contribution < 1.29 is 4.39 Å². The summed E-state index contributed by atoms with van der Waals surface area (Å²) in [4.78, 5) is 0. The fourth-order valence-electron chi connectivity index (χ4n) is 4.59. The van der Waals surface area contributed by atoms with Crippen molar-refractivity contribution in [3.8, 4) is 0 Å². The minimum atomic E-state index is -0.0981. The van der Waals surface area contributed by atoms with Gasteiger partial charge < -0.3 is 0 Å². The number of aryl methyl sites for hydroxylation is 1. The van der Waals surface area contributed by atoms with Crippen LogP contribution in [0, 0.1) is 11.7 Å². The lowest BCUT2D eigenvalue weighted by atomic mass is 9.78. The lowest BCUT2D eigenvalue weighted by molar-refractivity contribution is 0.448. The minimum absolute atomic E-state index is 0.0981. The molecule has 0 spiro atoms. The van der Waals surface area contributed by atoms with E-state index in [9.17, 15) is 4.39 Å². The normalized spacial score (nSPS) is 16.6. The Balaban J connectivity index is 1.54. The summed E-state index contributed by atoms with van der Waals surface area (Å²) in [5, 5.41) is 5.31. The fraction of sp³-hybridized carbons (Fsp3) is 0.200. The first-order valence-electron chi connectivity index (χ1n) is 9.55. The van der Waals surface area contributed by atoms with Crippen LogP contribution in [0.15, 0.2) is 71.2 Å². The molecule has 0 aliphatic heterocycles. The van der Waals surface area contributed by atoms with E-state index in [-0.39, 0.29) is 5.82 Å². The summed E-state index contributed by atoms with van der Waals surface area (Å²) in [7, 11) is 0. The molecule has 0 nitrogen and oxygen atoms in total. The standard InChI is InChI=1S/C25H20BrF/c26-20-10-7-19(25(27)15-20)13-16-5-6-18-9-11-22-21-4-2-1-3-17(21)8-12-23(22)24(18)14-16/h1-4,7-12,15-16H,5-6,13-14H2. The molecule has 2 heteroatoms. The van der Waals surface area contributed by atoms with Gasteiger partial charge >= 0.3 is 0 Å². The van der Waals surface area contributed by atoms with Crippen LogP contribution in [-0.2, 0) is 19.3 Å². The monoisotopic (exact) mass is 418 g/mol. The van der Waals surface area contributed by atoms with Crippen LogP contribution in [0.5, 0.6) is 0 Å². The molecule has 0 bridgehead atoms. The van der Waals surface area contributed by atoms with Crippen molar-refractivity contribution in [2.45, 2.75) is 25.7 Å². The summed E-state index contributed by atoms with van der Waals surface area (Å²) in [6, 6.07) is 23.1. The molecule has 1 unspecified atom stereocenters. The molecular formula is C25H20BrF. The van der Waals surface area contributed by atoms with Crippen LogP contribution in [0.2, 0.25) is 0 Å². The van der Waals surface area contributed by atoms with E-state index in [0.29, 0.717) is 5.92 Å².